The lowest BCUT2D eigenvalue weighted by molar-refractivity contribution is 0.0824. The van der Waals surface area contributed by atoms with E-state index in [1.807, 2.05) is 0 Å². The first kappa shape index (κ1) is 20.8. The second-order valence-corrected chi connectivity index (χ2v) is 7.57. The monoisotopic (exact) mass is 434 g/mol. The molecule has 0 unspecified atom stereocenters. The summed E-state index contributed by atoms with van der Waals surface area (Å²) in [6.45, 7) is 5.36. The highest BCUT2D eigenvalue weighted by molar-refractivity contribution is 5.98. The van der Waals surface area contributed by atoms with Gasteiger partial charge in [0.25, 0.3) is 5.91 Å². The topological polar surface area (TPSA) is 69.0 Å². The third-order valence-corrected chi connectivity index (χ3v) is 5.04. The zero-order valence-electron chi connectivity index (χ0n) is 16.9. The van der Waals surface area contributed by atoms with Gasteiger partial charge in [0.05, 0.1) is 5.56 Å². The van der Waals surface area contributed by atoms with Crippen molar-refractivity contribution in [2.75, 3.05) is 0 Å². The summed E-state index contributed by atoms with van der Waals surface area (Å²) in [5, 5.41) is 10.8. The van der Waals surface area contributed by atoms with Gasteiger partial charge in [-0.25, -0.2) is 17.6 Å². The molecule has 0 spiro atoms. The van der Waals surface area contributed by atoms with Crippen LogP contribution in [0.5, 0.6) is 5.75 Å². The maximum Gasteiger partial charge on any atom is 0.252 e. The average Bonchev–Trinajstić information content (AvgIpc) is 3.28. The van der Waals surface area contributed by atoms with Crippen LogP contribution < -0.4 is 10.1 Å². The van der Waals surface area contributed by atoms with E-state index in [1.165, 1.54) is 19.9 Å². The Morgan fingerprint density at radius 2 is 1.71 bits per heavy atom. The summed E-state index contributed by atoms with van der Waals surface area (Å²) < 4.78 is 63.3. The van der Waals surface area contributed by atoms with Crippen molar-refractivity contribution in [3.05, 3.63) is 64.5 Å². The SMILES string of the molecule is CCn1c(-c2cc3c(cc2F)C(=O)NC3)nnc1C(C)(C)Oc1c(F)cc(F)cc1F. The Bertz CT molecular complexity index is 1180. The Kier molecular flexibility index (Phi) is 4.95. The molecular formula is C21H18F4N4O2. The van der Waals surface area contributed by atoms with Gasteiger partial charge in [-0.3, -0.25) is 4.79 Å². The Morgan fingerprint density at radius 1 is 1.03 bits per heavy atom. The number of carbonyl (C=O) groups is 1. The van der Waals surface area contributed by atoms with E-state index < -0.39 is 34.6 Å². The number of hydrogen-bond acceptors (Lipinski definition) is 4. The van der Waals surface area contributed by atoms with Crippen molar-refractivity contribution in [3.8, 4) is 17.1 Å². The molecule has 1 aliphatic heterocycles. The van der Waals surface area contributed by atoms with Crippen LogP contribution in [-0.4, -0.2) is 20.7 Å². The fourth-order valence-corrected chi connectivity index (χ4v) is 3.59. The normalized spacial score (nSPS) is 13.3. The minimum Gasteiger partial charge on any atom is -0.474 e. The molecular weight excluding hydrogens is 416 g/mol. The first-order valence-electron chi connectivity index (χ1n) is 9.50. The van der Waals surface area contributed by atoms with Crippen LogP contribution in [0.4, 0.5) is 17.6 Å². The van der Waals surface area contributed by atoms with Crippen molar-refractivity contribution in [1.82, 2.24) is 20.1 Å². The minimum atomic E-state index is -1.40. The zero-order valence-corrected chi connectivity index (χ0v) is 16.9. The summed E-state index contributed by atoms with van der Waals surface area (Å²) >= 11 is 0. The highest BCUT2D eigenvalue weighted by Crippen LogP contribution is 2.34. The molecule has 4 rings (SSSR count). The summed E-state index contributed by atoms with van der Waals surface area (Å²) in [5.41, 5.74) is -0.383. The molecule has 0 atom stereocenters. The van der Waals surface area contributed by atoms with E-state index >= 15 is 0 Å². The first-order valence-corrected chi connectivity index (χ1v) is 9.50. The van der Waals surface area contributed by atoms with Gasteiger partial charge in [-0.05, 0) is 38.5 Å². The Balaban J connectivity index is 1.76. The van der Waals surface area contributed by atoms with E-state index in [2.05, 4.69) is 15.5 Å². The smallest absolute Gasteiger partial charge is 0.252 e. The Hall–Kier alpha value is -3.43. The average molecular weight is 434 g/mol. The predicted molar refractivity (Wildman–Crippen MR) is 102 cm³/mol. The lowest BCUT2D eigenvalue weighted by Gasteiger charge is -2.26. The van der Waals surface area contributed by atoms with Crippen LogP contribution in [-0.2, 0) is 18.7 Å². The molecule has 2 aromatic carbocycles. The second-order valence-electron chi connectivity index (χ2n) is 7.57. The van der Waals surface area contributed by atoms with Crippen LogP contribution in [0.1, 0.15) is 42.5 Å². The molecule has 10 heteroatoms. The maximum atomic E-state index is 14.8. The van der Waals surface area contributed by atoms with Gasteiger partial charge < -0.3 is 14.6 Å². The highest BCUT2D eigenvalue weighted by atomic mass is 19.1. The lowest BCUT2D eigenvalue weighted by Crippen LogP contribution is -2.30. The van der Waals surface area contributed by atoms with Gasteiger partial charge >= 0.3 is 0 Å². The Morgan fingerprint density at radius 3 is 2.35 bits per heavy atom. The number of amides is 1. The van der Waals surface area contributed by atoms with E-state index in [0.29, 0.717) is 24.2 Å². The summed E-state index contributed by atoms with van der Waals surface area (Å²) in [6, 6.07) is 3.70. The summed E-state index contributed by atoms with van der Waals surface area (Å²) in [4.78, 5) is 11.8. The van der Waals surface area contributed by atoms with Gasteiger partial charge in [0.15, 0.2) is 34.6 Å². The van der Waals surface area contributed by atoms with E-state index in [-0.39, 0.29) is 35.2 Å². The number of ether oxygens (including phenoxy) is 1. The van der Waals surface area contributed by atoms with Gasteiger partial charge in [-0.15, -0.1) is 10.2 Å². The van der Waals surface area contributed by atoms with Crippen LogP contribution in [0, 0.1) is 23.3 Å². The zero-order chi connectivity index (χ0) is 22.5. The fraction of sp³-hybridized carbons (Fsp3) is 0.286. The molecule has 2 heterocycles. The van der Waals surface area contributed by atoms with Crippen LogP contribution in [0.15, 0.2) is 24.3 Å². The third-order valence-electron chi connectivity index (χ3n) is 5.04. The molecule has 3 aromatic rings. The van der Waals surface area contributed by atoms with Gasteiger partial charge in [-0.2, -0.15) is 0 Å². The van der Waals surface area contributed by atoms with E-state index in [1.54, 1.807) is 11.5 Å². The minimum absolute atomic E-state index is 0.130. The third kappa shape index (κ3) is 3.51. The van der Waals surface area contributed by atoms with Crippen molar-refractivity contribution in [3.63, 3.8) is 0 Å². The number of hydrogen-bond donors (Lipinski definition) is 1. The van der Waals surface area contributed by atoms with E-state index in [0.717, 1.165) is 6.07 Å². The standard InChI is InChI=1S/C21H18F4N4O2/c1-4-29-18(13-5-10-9-26-19(30)12(10)8-14(13)23)27-28-20(29)21(2,3)31-17-15(24)6-11(22)7-16(17)25/h5-8H,4,9H2,1-3H3,(H,26,30). The Labute approximate surface area is 174 Å². The summed E-state index contributed by atoms with van der Waals surface area (Å²) in [6.07, 6.45) is 0. The molecule has 0 bridgehead atoms. The van der Waals surface area contributed by atoms with Crippen LogP contribution in [0.3, 0.4) is 0 Å². The maximum absolute atomic E-state index is 14.8. The second kappa shape index (κ2) is 7.36. The molecule has 0 saturated carbocycles. The molecule has 1 N–H and O–H groups in total. The fourth-order valence-electron chi connectivity index (χ4n) is 3.59. The molecule has 1 amide bonds. The molecule has 1 aliphatic rings. The van der Waals surface area contributed by atoms with Gasteiger partial charge in [0.1, 0.15) is 11.6 Å². The molecule has 0 radical (unpaired) electrons. The molecule has 0 aliphatic carbocycles. The van der Waals surface area contributed by atoms with E-state index in [4.69, 9.17) is 4.74 Å². The van der Waals surface area contributed by atoms with Crippen molar-refractivity contribution in [2.24, 2.45) is 0 Å². The van der Waals surface area contributed by atoms with Gasteiger partial charge in [0.2, 0.25) is 0 Å². The summed E-state index contributed by atoms with van der Waals surface area (Å²) in [7, 11) is 0. The van der Waals surface area contributed by atoms with Gasteiger partial charge in [-0.1, -0.05) is 0 Å². The van der Waals surface area contributed by atoms with Crippen molar-refractivity contribution in [2.45, 2.75) is 39.5 Å². The molecule has 162 valence electrons. The van der Waals surface area contributed by atoms with Crippen LogP contribution in [0.2, 0.25) is 0 Å². The molecule has 31 heavy (non-hydrogen) atoms. The number of benzene rings is 2. The van der Waals surface area contributed by atoms with Crippen LogP contribution in [0.25, 0.3) is 11.4 Å². The van der Waals surface area contributed by atoms with Crippen molar-refractivity contribution >= 4 is 5.91 Å². The van der Waals surface area contributed by atoms with Gasteiger partial charge in [0, 0.05) is 30.8 Å². The number of carbonyl (C=O) groups excluding carboxylic acids is 1. The molecule has 6 nitrogen and oxygen atoms in total. The lowest BCUT2D eigenvalue weighted by atomic mass is 10.0. The predicted octanol–water partition coefficient (Wildman–Crippen LogP) is 4.08. The first-order chi connectivity index (χ1) is 14.6. The van der Waals surface area contributed by atoms with Crippen molar-refractivity contribution in [1.29, 1.82) is 0 Å². The number of nitrogens with zero attached hydrogens (tertiary/aromatic N) is 3. The molecule has 0 fully saturated rings. The quantitative estimate of drug-likeness (QED) is 0.615. The summed E-state index contributed by atoms with van der Waals surface area (Å²) in [5.74, 6) is -4.87. The number of nitrogens with one attached hydrogen (secondary N) is 1. The van der Waals surface area contributed by atoms with Crippen molar-refractivity contribution < 1.29 is 27.1 Å². The number of rotatable bonds is 5. The number of aromatic nitrogens is 3. The largest absolute Gasteiger partial charge is 0.474 e. The highest BCUT2D eigenvalue weighted by Gasteiger charge is 2.34. The molecule has 1 aromatic heterocycles. The van der Waals surface area contributed by atoms with E-state index in [9.17, 15) is 22.4 Å². The van der Waals surface area contributed by atoms with Crippen LogP contribution >= 0.6 is 0 Å². The molecule has 0 saturated heterocycles. The number of fused-ring (bicyclic) bond motifs is 1. The number of halogens is 4.